The number of nitrogens with zero attached hydrogens (tertiary/aromatic N) is 1. The zero-order valence-electron chi connectivity index (χ0n) is 15.3. The van der Waals surface area contributed by atoms with Crippen molar-refractivity contribution in [1.82, 2.24) is 4.98 Å². The minimum Gasteiger partial charge on any atom is -0.322 e. The summed E-state index contributed by atoms with van der Waals surface area (Å²) in [4.78, 5) is 29.6. The highest BCUT2D eigenvalue weighted by Crippen LogP contribution is 2.23. The molecule has 0 fully saturated rings. The lowest BCUT2D eigenvalue weighted by Gasteiger charge is -2.08. The molecule has 0 saturated carbocycles. The van der Waals surface area contributed by atoms with Gasteiger partial charge in [-0.2, -0.15) is 0 Å². The van der Waals surface area contributed by atoms with Crippen LogP contribution in [0, 0.1) is 0 Å². The van der Waals surface area contributed by atoms with Crippen LogP contribution in [0.15, 0.2) is 83.2 Å². The maximum atomic E-state index is 12.6. The van der Waals surface area contributed by atoms with Crippen molar-refractivity contribution in [3.05, 3.63) is 83.9 Å². The third-order valence-electron chi connectivity index (χ3n) is 4.15. The molecule has 4 rings (SSSR count). The van der Waals surface area contributed by atoms with Crippen molar-refractivity contribution in [3.8, 4) is 0 Å². The topological polar surface area (TPSA) is 71.1 Å². The number of hydrogen-bond acceptors (Lipinski definition) is 5. The van der Waals surface area contributed by atoms with Gasteiger partial charge in [-0.3, -0.25) is 9.59 Å². The number of amides is 2. The van der Waals surface area contributed by atoms with Gasteiger partial charge in [0.25, 0.3) is 5.91 Å². The molecule has 1 aromatic heterocycles. The van der Waals surface area contributed by atoms with Gasteiger partial charge in [0.15, 0.2) is 5.13 Å². The van der Waals surface area contributed by atoms with Gasteiger partial charge in [0.05, 0.1) is 5.75 Å². The van der Waals surface area contributed by atoms with E-state index >= 15 is 0 Å². The predicted octanol–water partition coefficient (Wildman–Crippen LogP) is 5.28. The van der Waals surface area contributed by atoms with Crippen LogP contribution in [-0.2, 0) is 4.79 Å². The predicted molar refractivity (Wildman–Crippen MR) is 120 cm³/mol. The largest absolute Gasteiger partial charge is 0.322 e. The van der Waals surface area contributed by atoms with Crippen molar-refractivity contribution in [3.63, 3.8) is 0 Å². The SMILES string of the molecule is O=C(CSc1cccc(NC(=O)c2ccc3ccccc3c2)c1)Nc1nccs1. The van der Waals surface area contributed by atoms with Crippen LogP contribution < -0.4 is 10.6 Å². The minimum atomic E-state index is -0.167. The second kappa shape index (κ2) is 8.89. The Balaban J connectivity index is 1.38. The van der Waals surface area contributed by atoms with Crippen molar-refractivity contribution >= 4 is 56.5 Å². The Labute approximate surface area is 176 Å². The van der Waals surface area contributed by atoms with Crippen LogP contribution >= 0.6 is 23.1 Å². The van der Waals surface area contributed by atoms with Crippen LogP contribution in [0.3, 0.4) is 0 Å². The zero-order valence-corrected chi connectivity index (χ0v) is 16.9. The molecule has 1 heterocycles. The number of rotatable bonds is 6. The maximum absolute atomic E-state index is 12.6. The highest BCUT2D eigenvalue weighted by atomic mass is 32.2. The van der Waals surface area contributed by atoms with E-state index in [-0.39, 0.29) is 17.6 Å². The number of fused-ring (bicyclic) bond motifs is 1. The molecule has 7 heteroatoms. The third kappa shape index (κ3) is 5.01. The van der Waals surface area contributed by atoms with E-state index in [1.54, 1.807) is 6.20 Å². The highest BCUT2D eigenvalue weighted by molar-refractivity contribution is 8.00. The van der Waals surface area contributed by atoms with Gasteiger partial charge in [-0.1, -0.05) is 36.4 Å². The van der Waals surface area contributed by atoms with Crippen LogP contribution in [0.1, 0.15) is 10.4 Å². The third-order valence-corrected chi connectivity index (χ3v) is 5.83. The average Bonchev–Trinajstić information content (AvgIpc) is 3.25. The lowest BCUT2D eigenvalue weighted by molar-refractivity contribution is -0.113. The molecule has 0 unspecified atom stereocenters. The lowest BCUT2D eigenvalue weighted by Crippen LogP contribution is -2.14. The fourth-order valence-electron chi connectivity index (χ4n) is 2.79. The Hall–Kier alpha value is -3.16. The van der Waals surface area contributed by atoms with E-state index in [1.807, 2.05) is 72.1 Å². The number of aromatic nitrogens is 1. The number of carbonyl (C=O) groups excluding carboxylic acids is 2. The molecule has 29 heavy (non-hydrogen) atoms. The smallest absolute Gasteiger partial charge is 0.255 e. The van der Waals surface area contributed by atoms with Crippen LogP contribution in [0.4, 0.5) is 10.8 Å². The molecule has 4 aromatic rings. The molecular formula is C22H17N3O2S2. The summed E-state index contributed by atoms with van der Waals surface area (Å²) in [7, 11) is 0. The molecule has 2 amide bonds. The van der Waals surface area contributed by atoms with Gasteiger partial charge in [-0.25, -0.2) is 4.98 Å². The summed E-state index contributed by atoms with van der Waals surface area (Å²) >= 11 is 2.78. The normalized spacial score (nSPS) is 10.6. The van der Waals surface area contributed by atoms with Gasteiger partial charge in [0.2, 0.25) is 5.91 Å². The fourth-order valence-corrected chi connectivity index (χ4v) is 4.09. The molecule has 0 atom stereocenters. The summed E-state index contributed by atoms with van der Waals surface area (Å²) in [5.41, 5.74) is 1.29. The first kappa shape index (κ1) is 19.2. The van der Waals surface area contributed by atoms with E-state index in [0.717, 1.165) is 15.7 Å². The number of hydrogen-bond donors (Lipinski definition) is 2. The van der Waals surface area contributed by atoms with Crippen molar-refractivity contribution in [2.24, 2.45) is 0 Å². The molecule has 2 N–H and O–H groups in total. The second-order valence-corrected chi connectivity index (χ2v) is 8.16. The van der Waals surface area contributed by atoms with E-state index in [9.17, 15) is 9.59 Å². The summed E-state index contributed by atoms with van der Waals surface area (Å²) < 4.78 is 0. The molecule has 0 radical (unpaired) electrons. The van der Waals surface area contributed by atoms with E-state index < -0.39 is 0 Å². The van der Waals surface area contributed by atoms with Crippen molar-refractivity contribution in [2.75, 3.05) is 16.4 Å². The maximum Gasteiger partial charge on any atom is 0.255 e. The first-order chi connectivity index (χ1) is 14.2. The Bertz CT molecular complexity index is 1160. The molecule has 0 aliphatic rings. The quantitative estimate of drug-likeness (QED) is 0.417. The molecule has 0 aliphatic carbocycles. The molecule has 5 nitrogen and oxygen atoms in total. The molecule has 3 aromatic carbocycles. The van der Waals surface area contributed by atoms with E-state index in [4.69, 9.17) is 0 Å². The van der Waals surface area contributed by atoms with E-state index in [0.29, 0.717) is 16.4 Å². The average molecular weight is 420 g/mol. The van der Waals surface area contributed by atoms with Gasteiger partial charge >= 0.3 is 0 Å². The molecule has 0 bridgehead atoms. The number of nitrogens with one attached hydrogen (secondary N) is 2. The first-order valence-corrected chi connectivity index (χ1v) is 10.8. The molecule has 0 spiro atoms. The van der Waals surface area contributed by atoms with Crippen molar-refractivity contribution < 1.29 is 9.59 Å². The van der Waals surface area contributed by atoms with Crippen molar-refractivity contribution in [1.29, 1.82) is 0 Å². The summed E-state index contributed by atoms with van der Waals surface area (Å²) in [6.45, 7) is 0. The van der Waals surface area contributed by atoms with Gasteiger partial charge < -0.3 is 10.6 Å². The minimum absolute atomic E-state index is 0.115. The Morgan fingerprint density at radius 3 is 2.62 bits per heavy atom. The number of thioether (sulfide) groups is 1. The highest BCUT2D eigenvalue weighted by Gasteiger charge is 2.09. The molecule has 0 saturated heterocycles. The van der Waals surface area contributed by atoms with Crippen LogP contribution in [-0.4, -0.2) is 22.6 Å². The van der Waals surface area contributed by atoms with Gasteiger partial charge in [-0.15, -0.1) is 23.1 Å². The summed E-state index contributed by atoms with van der Waals surface area (Å²) in [6, 6.07) is 21.0. The van der Waals surface area contributed by atoms with Gasteiger partial charge in [-0.05, 0) is 41.1 Å². The zero-order chi connectivity index (χ0) is 20.1. The van der Waals surface area contributed by atoms with Crippen LogP contribution in [0.5, 0.6) is 0 Å². The summed E-state index contributed by atoms with van der Waals surface area (Å²) in [5.74, 6) is -0.0169. The van der Waals surface area contributed by atoms with Crippen LogP contribution in [0.25, 0.3) is 10.8 Å². The lowest BCUT2D eigenvalue weighted by atomic mass is 10.1. The summed E-state index contributed by atoms with van der Waals surface area (Å²) in [5, 5.41) is 10.2. The van der Waals surface area contributed by atoms with Gasteiger partial charge in [0, 0.05) is 27.7 Å². The monoisotopic (exact) mass is 419 g/mol. The standard InChI is InChI=1S/C22H17N3O2S2/c26-20(25-22-23-10-11-28-22)14-29-19-7-3-6-18(13-19)24-21(27)17-9-8-15-4-1-2-5-16(15)12-17/h1-13H,14H2,(H,24,27)(H,23,25,26). The molecule has 144 valence electrons. The Kier molecular flexibility index (Phi) is 5.88. The Morgan fingerprint density at radius 2 is 1.79 bits per heavy atom. The second-order valence-electron chi connectivity index (χ2n) is 6.22. The number of carbonyl (C=O) groups is 2. The molecule has 0 aliphatic heterocycles. The summed E-state index contributed by atoms with van der Waals surface area (Å²) in [6.07, 6.45) is 1.65. The van der Waals surface area contributed by atoms with Crippen molar-refractivity contribution in [2.45, 2.75) is 4.90 Å². The number of anilines is 2. The number of benzene rings is 3. The van der Waals surface area contributed by atoms with E-state index in [1.165, 1.54) is 23.1 Å². The fraction of sp³-hybridized carbons (Fsp3) is 0.0455. The number of thiazole rings is 1. The first-order valence-electron chi connectivity index (χ1n) is 8.90. The Morgan fingerprint density at radius 1 is 0.931 bits per heavy atom. The van der Waals surface area contributed by atoms with Crippen LogP contribution in [0.2, 0.25) is 0 Å². The van der Waals surface area contributed by atoms with E-state index in [2.05, 4.69) is 15.6 Å². The van der Waals surface area contributed by atoms with Gasteiger partial charge in [0.1, 0.15) is 0 Å². The molecular weight excluding hydrogens is 402 g/mol.